The summed E-state index contributed by atoms with van der Waals surface area (Å²) in [5.41, 5.74) is 0.0790. The van der Waals surface area contributed by atoms with Gasteiger partial charge in [-0.15, -0.1) is 0 Å². The average molecular weight is 289 g/mol. The molecule has 1 N–H and O–H groups in total. The Kier molecular flexibility index (Phi) is 4.62. The van der Waals surface area contributed by atoms with Gasteiger partial charge in [-0.25, -0.2) is 0 Å². The van der Waals surface area contributed by atoms with Gasteiger partial charge in [0, 0.05) is 19.7 Å². The Balaban J connectivity index is 3.50. The first-order valence-corrected chi connectivity index (χ1v) is 6.14. The molecule has 1 heterocycles. The maximum absolute atomic E-state index is 12.7. The van der Waals surface area contributed by atoms with Crippen LogP contribution in [0, 0.1) is 5.92 Å². The van der Waals surface area contributed by atoms with E-state index in [1.54, 1.807) is 7.05 Å². The van der Waals surface area contributed by atoms with E-state index in [-0.39, 0.29) is 17.4 Å². The highest BCUT2D eigenvalue weighted by molar-refractivity contribution is 6.00. The third-order valence-corrected chi connectivity index (χ3v) is 2.90. The molecular weight excluding hydrogens is 271 g/mol. The molecule has 20 heavy (non-hydrogen) atoms. The second kappa shape index (κ2) is 5.68. The minimum atomic E-state index is -4.51. The minimum Gasteiger partial charge on any atom is -0.386 e. The summed E-state index contributed by atoms with van der Waals surface area (Å²) in [6.45, 7) is 5.03. The smallest absolute Gasteiger partial charge is 0.386 e. The van der Waals surface area contributed by atoms with Crippen molar-refractivity contribution < 1.29 is 18.0 Å². The number of hydrogen-bond acceptors (Lipinski definition) is 3. The highest BCUT2D eigenvalue weighted by Crippen LogP contribution is 2.31. The van der Waals surface area contributed by atoms with Crippen molar-refractivity contribution in [3.05, 3.63) is 23.0 Å². The summed E-state index contributed by atoms with van der Waals surface area (Å²) in [6, 6.07) is 0.942. The molecule has 0 amide bonds. The summed E-state index contributed by atoms with van der Waals surface area (Å²) in [5, 5.41) is 6.28. The van der Waals surface area contributed by atoms with Crippen LogP contribution in [0.1, 0.15) is 32.2 Å². The molecule has 0 aliphatic heterocycles. The van der Waals surface area contributed by atoms with Gasteiger partial charge in [-0.05, 0) is 18.9 Å². The Hall–Kier alpha value is -1.79. The third-order valence-electron chi connectivity index (χ3n) is 2.90. The monoisotopic (exact) mass is 289 g/mol. The summed E-state index contributed by atoms with van der Waals surface area (Å²) in [4.78, 5) is 11.7. The molecule has 0 aliphatic carbocycles. The largest absolute Gasteiger partial charge is 0.435 e. The number of ketones is 1. The Morgan fingerprint density at radius 3 is 2.25 bits per heavy atom. The second-order valence-corrected chi connectivity index (χ2v) is 4.79. The van der Waals surface area contributed by atoms with Gasteiger partial charge in [0.2, 0.25) is 0 Å². The Bertz CT molecular complexity index is 542. The van der Waals surface area contributed by atoms with E-state index in [2.05, 4.69) is 10.4 Å². The standard InChI is InChI=1S/C13H18F3N3O/c1-7(2)11(8(3)20)12(17-4)9-6-10(13(14,15)16)18-19(9)5/h6-7,17H,1-5H3/b12-11-. The van der Waals surface area contributed by atoms with E-state index >= 15 is 0 Å². The summed E-state index contributed by atoms with van der Waals surface area (Å²) in [7, 11) is 2.99. The number of nitrogens with zero attached hydrogens (tertiary/aromatic N) is 2. The maximum Gasteiger partial charge on any atom is 0.435 e. The van der Waals surface area contributed by atoms with Crippen LogP contribution in [0.5, 0.6) is 0 Å². The van der Waals surface area contributed by atoms with Gasteiger partial charge >= 0.3 is 6.18 Å². The van der Waals surface area contributed by atoms with Crippen LogP contribution < -0.4 is 5.32 Å². The molecule has 0 radical (unpaired) electrons. The number of allylic oxidation sites excluding steroid dienone is 1. The Morgan fingerprint density at radius 1 is 1.40 bits per heavy atom. The highest BCUT2D eigenvalue weighted by atomic mass is 19.4. The lowest BCUT2D eigenvalue weighted by molar-refractivity contribution is -0.141. The van der Waals surface area contributed by atoms with Crippen molar-refractivity contribution in [2.45, 2.75) is 26.9 Å². The number of aryl methyl sites for hydroxylation is 1. The third kappa shape index (κ3) is 3.20. The molecule has 112 valence electrons. The van der Waals surface area contributed by atoms with Crippen LogP contribution >= 0.6 is 0 Å². The van der Waals surface area contributed by atoms with Gasteiger partial charge in [0.05, 0.1) is 11.4 Å². The zero-order chi connectivity index (χ0) is 15.7. The van der Waals surface area contributed by atoms with Crippen molar-refractivity contribution in [2.75, 3.05) is 7.05 Å². The lowest BCUT2D eigenvalue weighted by atomic mass is 9.96. The van der Waals surface area contributed by atoms with Crippen LogP contribution in [0.3, 0.4) is 0 Å². The van der Waals surface area contributed by atoms with Crippen LogP contribution in [0.15, 0.2) is 11.6 Å². The lowest BCUT2D eigenvalue weighted by Gasteiger charge is -2.16. The number of alkyl halides is 3. The predicted octanol–water partition coefficient (Wildman–Crippen LogP) is 2.61. The molecule has 0 fully saturated rings. The second-order valence-electron chi connectivity index (χ2n) is 4.79. The molecule has 0 bridgehead atoms. The number of hydrogen-bond donors (Lipinski definition) is 1. The van der Waals surface area contributed by atoms with Gasteiger partial charge in [-0.3, -0.25) is 9.48 Å². The molecule has 0 unspecified atom stereocenters. The molecule has 0 saturated heterocycles. The zero-order valence-electron chi connectivity index (χ0n) is 12.1. The summed E-state index contributed by atoms with van der Waals surface area (Å²) >= 11 is 0. The van der Waals surface area contributed by atoms with Crippen molar-refractivity contribution in [1.82, 2.24) is 15.1 Å². The molecule has 7 heteroatoms. The van der Waals surface area contributed by atoms with E-state index in [4.69, 9.17) is 0 Å². The Morgan fingerprint density at radius 2 is 1.95 bits per heavy atom. The predicted molar refractivity (Wildman–Crippen MR) is 69.7 cm³/mol. The Labute approximate surface area is 115 Å². The summed E-state index contributed by atoms with van der Waals surface area (Å²) < 4.78 is 39.2. The molecule has 4 nitrogen and oxygen atoms in total. The van der Waals surface area contributed by atoms with Crippen LogP contribution in [0.4, 0.5) is 13.2 Å². The van der Waals surface area contributed by atoms with Gasteiger partial charge in [0.25, 0.3) is 0 Å². The van der Waals surface area contributed by atoms with Crippen molar-refractivity contribution >= 4 is 11.5 Å². The molecular formula is C13H18F3N3O. The highest BCUT2D eigenvalue weighted by Gasteiger charge is 2.35. The van der Waals surface area contributed by atoms with Gasteiger partial charge in [-0.1, -0.05) is 13.8 Å². The first-order chi connectivity index (χ1) is 9.09. The normalized spacial score (nSPS) is 13.4. The van der Waals surface area contributed by atoms with Crippen LogP contribution in [-0.4, -0.2) is 22.6 Å². The fourth-order valence-electron chi connectivity index (χ4n) is 2.11. The first kappa shape index (κ1) is 16.3. The van der Waals surface area contributed by atoms with E-state index in [1.165, 1.54) is 14.0 Å². The molecule has 0 spiro atoms. The summed E-state index contributed by atoms with van der Waals surface area (Å²) in [5.74, 6) is -0.293. The summed E-state index contributed by atoms with van der Waals surface area (Å²) in [6.07, 6.45) is -4.51. The van der Waals surface area contributed by atoms with Crippen LogP contribution in [-0.2, 0) is 18.0 Å². The van der Waals surface area contributed by atoms with E-state index in [0.29, 0.717) is 11.3 Å². The number of halogens is 3. The fourth-order valence-corrected chi connectivity index (χ4v) is 2.11. The molecule has 1 aromatic heterocycles. The fraction of sp³-hybridized carbons (Fsp3) is 0.538. The first-order valence-electron chi connectivity index (χ1n) is 6.14. The van der Waals surface area contributed by atoms with E-state index < -0.39 is 11.9 Å². The molecule has 1 aromatic rings. The number of rotatable bonds is 4. The number of aromatic nitrogens is 2. The molecule has 0 atom stereocenters. The molecule has 0 aromatic carbocycles. The zero-order valence-corrected chi connectivity index (χ0v) is 12.1. The number of carbonyl (C=O) groups excluding carboxylic acids is 1. The topological polar surface area (TPSA) is 46.9 Å². The molecule has 0 aliphatic rings. The molecule has 0 saturated carbocycles. The van der Waals surface area contributed by atoms with E-state index in [0.717, 1.165) is 10.7 Å². The number of carbonyl (C=O) groups is 1. The quantitative estimate of drug-likeness (QED) is 0.867. The van der Waals surface area contributed by atoms with Gasteiger partial charge in [0.15, 0.2) is 11.5 Å². The molecule has 1 rings (SSSR count). The maximum atomic E-state index is 12.7. The van der Waals surface area contributed by atoms with Crippen molar-refractivity contribution in [2.24, 2.45) is 13.0 Å². The number of nitrogens with one attached hydrogen (secondary N) is 1. The SMILES string of the molecule is CN/C(=C(\C(C)=O)C(C)C)c1cc(C(F)(F)F)nn1C. The lowest BCUT2D eigenvalue weighted by Crippen LogP contribution is -2.18. The van der Waals surface area contributed by atoms with Gasteiger partial charge in [0.1, 0.15) is 0 Å². The van der Waals surface area contributed by atoms with E-state index in [9.17, 15) is 18.0 Å². The number of Topliss-reactive ketones (excluding diaryl/α,β-unsaturated/α-hetero) is 1. The average Bonchev–Trinajstić information content (AvgIpc) is 2.66. The van der Waals surface area contributed by atoms with Gasteiger partial charge < -0.3 is 5.32 Å². The van der Waals surface area contributed by atoms with Crippen LogP contribution in [0.2, 0.25) is 0 Å². The van der Waals surface area contributed by atoms with Crippen molar-refractivity contribution in [3.8, 4) is 0 Å². The van der Waals surface area contributed by atoms with E-state index in [1.807, 2.05) is 13.8 Å². The van der Waals surface area contributed by atoms with Crippen molar-refractivity contribution in [3.63, 3.8) is 0 Å². The minimum absolute atomic E-state index is 0.112. The van der Waals surface area contributed by atoms with Gasteiger partial charge in [-0.2, -0.15) is 18.3 Å². The van der Waals surface area contributed by atoms with Crippen LogP contribution in [0.25, 0.3) is 5.70 Å². The van der Waals surface area contributed by atoms with Crippen molar-refractivity contribution in [1.29, 1.82) is 0 Å².